The molecule has 1 fully saturated rings. The molecule has 1 aliphatic heterocycles. The van der Waals surface area contributed by atoms with E-state index in [1.807, 2.05) is 0 Å². The van der Waals surface area contributed by atoms with Gasteiger partial charge >= 0.3 is 5.82 Å². The fourth-order valence-corrected chi connectivity index (χ4v) is 3.11. The molecule has 1 saturated heterocycles. The minimum absolute atomic E-state index is 0.149. The highest BCUT2D eigenvalue weighted by Crippen LogP contribution is 2.23. The highest BCUT2D eigenvalue weighted by atomic mass is 32.2. The van der Waals surface area contributed by atoms with E-state index in [4.69, 9.17) is 0 Å². The average Bonchev–Trinajstić information content (AvgIpc) is 2.32. The monoisotopic (exact) mass is 255 g/mol. The van der Waals surface area contributed by atoms with Gasteiger partial charge < -0.3 is 15.4 Å². The molecule has 1 aromatic heterocycles. The molecular weight excluding hydrogens is 242 g/mol. The fourth-order valence-electron chi connectivity index (χ4n) is 1.81. The lowest BCUT2D eigenvalue weighted by molar-refractivity contribution is -0.388. The Morgan fingerprint density at radius 1 is 1.47 bits per heavy atom. The van der Waals surface area contributed by atoms with Gasteiger partial charge in [0.2, 0.25) is 0 Å². The highest BCUT2D eigenvalue weighted by molar-refractivity contribution is 7.85. The molecule has 2 heterocycles. The average molecular weight is 255 g/mol. The van der Waals surface area contributed by atoms with Crippen molar-refractivity contribution in [1.29, 1.82) is 0 Å². The number of hydrogen-bond acceptors (Lipinski definition) is 5. The Balaban J connectivity index is 2.08. The van der Waals surface area contributed by atoms with Gasteiger partial charge in [0, 0.05) is 28.3 Å². The van der Waals surface area contributed by atoms with Crippen LogP contribution in [0.25, 0.3) is 0 Å². The molecule has 2 rings (SSSR count). The molecule has 1 N–H and O–H groups in total. The summed E-state index contributed by atoms with van der Waals surface area (Å²) in [5.41, 5.74) is 0.440. The molecule has 92 valence electrons. The number of pyridine rings is 1. The van der Waals surface area contributed by atoms with Crippen LogP contribution in [-0.2, 0) is 10.8 Å². The number of nitrogens with one attached hydrogen (secondary N) is 1. The first kappa shape index (κ1) is 12.0. The van der Waals surface area contributed by atoms with Gasteiger partial charge in [0.1, 0.15) is 11.9 Å². The zero-order valence-corrected chi connectivity index (χ0v) is 9.98. The van der Waals surface area contributed by atoms with E-state index in [-0.39, 0.29) is 11.9 Å². The third kappa shape index (κ3) is 3.00. The number of aromatic nitrogens is 1. The first-order valence-electron chi connectivity index (χ1n) is 5.38. The summed E-state index contributed by atoms with van der Waals surface area (Å²) < 4.78 is 11.2. The largest absolute Gasteiger partial charge is 0.386 e. The number of rotatable bonds is 3. The lowest BCUT2D eigenvalue weighted by atomic mass is 10.1. The topological polar surface area (TPSA) is 85.1 Å². The summed E-state index contributed by atoms with van der Waals surface area (Å²) in [6.45, 7) is 0. The van der Waals surface area contributed by atoms with Gasteiger partial charge in [-0.3, -0.25) is 4.21 Å². The van der Waals surface area contributed by atoms with Gasteiger partial charge in [-0.15, -0.1) is 0 Å². The lowest BCUT2D eigenvalue weighted by Crippen LogP contribution is -2.29. The van der Waals surface area contributed by atoms with Gasteiger partial charge in [-0.2, -0.15) is 0 Å². The second kappa shape index (κ2) is 5.22. The van der Waals surface area contributed by atoms with Crippen molar-refractivity contribution in [3.05, 3.63) is 28.4 Å². The molecule has 0 unspecified atom stereocenters. The van der Waals surface area contributed by atoms with E-state index in [1.54, 1.807) is 12.1 Å². The van der Waals surface area contributed by atoms with Crippen LogP contribution in [0.5, 0.6) is 0 Å². The first-order chi connectivity index (χ1) is 8.16. The zero-order chi connectivity index (χ0) is 12.3. The van der Waals surface area contributed by atoms with Gasteiger partial charge in [0.05, 0.1) is 0 Å². The maximum absolute atomic E-state index is 11.2. The first-order valence-corrected chi connectivity index (χ1v) is 6.86. The smallest absolute Gasteiger partial charge is 0.375 e. The quantitative estimate of drug-likeness (QED) is 0.650. The molecule has 0 spiro atoms. The molecule has 0 saturated carbocycles. The summed E-state index contributed by atoms with van der Waals surface area (Å²) in [5, 5.41) is 13.9. The van der Waals surface area contributed by atoms with Gasteiger partial charge in [-0.25, -0.2) is 0 Å². The Labute approximate surface area is 101 Å². The standard InChI is InChI=1S/C10H13N3O3S/c14-13(15)10-9(2-1-5-11-10)12-8-3-6-17(16)7-4-8/h1-2,5,8,12H,3-4,6-7H2. The van der Waals surface area contributed by atoms with E-state index >= 15 is 0 Å². The van der Waals surface area contributed by atoms with Crippen molar-refractivity contribution in [2.24, 2.45) is 0 Å². The molecule has 0 atom stereocenters. The van der Waals surface area contributed by atoms with Crippen LogP contribution >= 0.6 is 0 Å². The third-order valence-electron chi connectivity index (χ3n) is 2.71. The molecule has 0 aliphatic carbocycles. The predicted octanol–water partition coefficient (Wildman–Crippen LogP) is 1.31. The molecule has 7 heteroatoms. The van der Waals surface area contributed by atoms with E-state index in [9.17, 15) is 14.3 Å². The minimum Gasteiger partial charge on any atom is -0.375 e. The van der Waals surface area contributed by atoms with Crippen LogP contribution in [0, 0.1) is 10.1 Å². The van der Waals surface area contributed by atoms with Gasteiger partial charge in [-0.1, -0.05) is 0 Å². The zero-order valence-electron chi connectivity index (χ0n) is 9.17. The Morgan fingerprint density at radius 3 is 2.82 bits per heavy atom. The molecule has 1 aromatic rings. The van der Waals surface area contributed by atoms with Crippen LogP contribution in [-0.4, -0.2) is 31.7 Å². The Bertz CT molecular complexity index is 442. The Morgan fingerprint density at radius 2 is 2.18 bits per heavy atom. The maximum atomic E-state index is 11.2. The second-order valence-electron chi connectivity index (χ2n) is 3.90. The van der Waals surface area contributed by atoms with E-state index in [0.717, 1.165) is 12.8 Å². The summed E-state index contributed by atoms with van der Waals surface area (Å²) in [6.07, 6.45) is 2.95. The predicted molar refractivity (Wildman–Crippen MR) is 65.4 cm³/mol. The van der Waals surface area contributed by atoms with Gasteiger partial charge in [0.25, 0.3) is 0 Å². The molecule has 0 radical (unpaired) electrons. The van der Waals surface area contributed by atoms with Gasteiger partial charge in [-0.05, 0) is 34.9 Å². The summed E-state index contributed by atoms with van der Waals surface area (Å²) in [7, 11) is -0.723. The summed E-state index contributed by atoms with van der Waals surface area (Å²) >= 11 is 0. The minimum atomic E-state index is -0.723. The van der Waals surface area contributed by atoms with E-state index in [0.29, 0.717) is 17.2 Å². The summed E-state index contributed by atoms with van der Waals surface area (Å²) in [6, 6.07) is 3.46. The number of nitrogens with zero attached hydrogens (tertiary/aromatic N) is 2. The normalized spacial score (nSPS) is 24.2. The summed E-state index contributed by atoms with van der Waals surface area (Å²) in [4.78, 5) is 14.0. The van der Waals surface area contributed by atoms with Crippen LogP contribution in [0.4, 0.5) is 11.5 Å². The van der Waals surface area contributed by atoms with E-state index < -0.39 is 15.7 Å². The van der Waals surface area contributed by atoms with Crippen molar-refractivity contribution in [2.75, 3.05) is 16.8 Å². The van der Waals surface area contributed by atoms with E-state index in [1.165, 1.54) is 6.20 Å². The van der Waals surface area contributed by atoms with Crippen molar-refractivity contribution < 1.29 is 9.13 Å². The van der Waals surface area contributed by atoms with Crippen LogP contribution < -0.4 is 5.32 Å². The molecular formula is C10H13N3O3S. The van der Waals surface area contributed by atoms with Crippen molar-refractivity contribution in [3.63, 3.8) is 0 Å². The number of anilines is 1. The van der Waals surface area contributed by atoms with Crippen molar-refractivity contribution in [3.8, 4) is 0 Å². The Hall–Kier alpha value is -1.50. The van der Waals surface area contributed by atoms with Crippen LogP contribution in [0.1, 0.15) is 12.8 Å². The second-order valence-corrected chi connectivity index (χ2v) is 5.59. The van der Waals surface area contributed by atoms with Crippen LogP contribution in [0.15, 0.2) is 18.3 Å². The summed E-state index contributed by atoms with van der Waals surface area (Å²) in [5.74, 6) is 1.16. The molecule has 0 aromatic carbocycles. The molecule has 0 bridgehead atoms. The van der Waals surface area contributed by atoms with E-state index in [2.05, 4.69) is 10.3 Å². The fraction of sp³-hybridized carbons (Fsp3) is 0.500. The lowest BCUT2D eigenvalue weighted by Gasteiger charge is -2.23. The molecule has 0 amide bonds. The van der Waals surface area contributed by atoms with Crippen LogP contribution in [0.3, 0.4) is 0 Å². The molecule has 1 aliphatic rings. The van der Waals surface area contributed by atoms with Crippen LogP contribution in [0.2, 0.25) is 0 Å². The SMILES string of the molecule is O=[N+]([O-])c1ncccc1NC1CCS(=O)CC1. The number of nitro groups is 1. The maximum Gasteiger partial charge on any atom is 0.386 e. The van der Waals surface area contributed by atoms with Crippen molar-refractivity contribution in [2.45, 2.75) is 18.9 Å². The van der Waals surface area contributed by atoms with Gasteiger partial charge in [0.15, 0.2) is 0 Å². The highest BCUT2D eigenvalue weighted by Gasteiger charge is 2.21. The van der Waals surface area contributed by atoms with Crippen molar-refractivity contribution >= 4 is 22.3 Å². The Kier molecular flexibility index (Phi) is 3.68. The van der Waals surface area contributed by atoms with Crippen molar-refractivity contribution in [1.82, 2.24) is 4.98 Å². The third-order valence-corrected chi connectivity index (χ3v) is 4.09. The number of hydrogen-bond donors (Lipinski definition) is 1. The molecule has 6 nitrogen and oxygen atoms in total. The molecule has 17 heavy (non-hydrogen) atoms.